The maximum atomic E-state index is 13.9. The lowest BCUT2D eigenvalue weighted by Gasteiger charge is -2.32. The molecule has 0 fully saturated rings. The van der Waals surface area contributed by atoms with Crippen molar-refractivity contribution >= 4 is 39.1 Å². The minimum absolute atomic E-state index is 0.0105. The van der Waals surface area contributed by atoms with Crippen LogP contribution in [-0.2, 0) is 26.2 Å². The van der Waals surface area contributed by atoms with E-state index in [0.717, 1.165) is 21.9 Å². The Morgan fingerprint density at radius 1 is 0.950 bits per heavy atom. The van der Waals surface area contributed by atoms with E-state index >= 15 is 0 Å². The number of benzene rings is 3. The number of anilines is 1. The molecule has 2 unspecified atom stereocenters. The summed E-state index contributed by atoms with van der Waals surface area (Å²) in [7, 11) is -2.69. The van der Waals surface area contributed by atoms with Gasteiger partial charge in [-0.2, -0.15) is 0 Å². The molecule has 10 heteroatoms. The van der Waals surface area contributed by atoms with E-state index in [1.807, 2.05) is 45.0 Å². The molecule has 3 aromatic rings. The van der Waals surface area contributed by atoms with Crippen LogP contribution in [0.15, 0.2) is 77.7 Å². The van der Waals surface area contributed by atoms with E-state index in [-0.39, 0.29) is 29.1 Å². The van der Waals surface area contributed by atoms with Crippen LogP contribution in [0.4, 0.5) is 5.69 Å². The number of carbonyl (C=O) groups excluding carboxylic acids is 2. The van der Waals surface area contributed by atoms with Crippen molar-refractivity contribution in [2.75, 3.05) is 18.0 Å². The number of hydrogen-bond donors (Lipinski definition) is 1. The Kier molecular flexibility index (Phi) is 10.6. The van der Waals surface area contributed by atoms with Crippen molar-refractivity contribution in [1.29, 1.82) is 0 Å². The van der Waals surface area contributed by atoms with Crippen molar-refractivity contribution in [1.82, 2.24) is 10.2 Å². The lowest BCUT2D eigenvalue weighted by molar-refractivity contribution is -0.139. The normalized spacial score (nSPS) is 12.8. The predicted molar refractivity (Wildman–Crippen MR) is 158 cm³/mol. The van der Waals surface area contributed by atoms with Gasteiger partial charge in [0.2, 0.25) is 11.8 Å². The second-order valence-corrected chi connectivity index (χ2v) is 12.0. The molecule has 40 heavy (non-hydrogen) atoms. The smallest absolute Gasteiger partial charge is 0.264 e. The second kappa shape index (κ2) is 13.7. The lowest BCUT2D eigenvalue weighted by Crippen LogP contribution is -2.52. The Balaban J connectivity index is 2.01. The summed E-state index contributed by atoms with van der Waals surface area (Å²) < 4.78 is 33.9. The molecule has 0 aliphatic rings. The van der Waals surface area contributed by atoms with Gasteiger partial charge in [-0.25, -0.2) is 8.42 Å². The molecule has 8 nitrogen and oxygen atoms in total. The molecule has 2 amide bonds. The van der Waals surface area contributed by atoms with Gasteiger partial charge in [0, 0.05) is 17.6 Å². The molecule has 0 saturated carbocycles. The second-order valence-electron chi connectivity index (χ2n) is 9.66. The average Bonchev–Trinajstić information content (AvgIpc) is 2.95. The number of carbonyl (C=O) groups is 2. The van der Waals surface area contributed by atoms with Gasteiger partial charge < -0.3 is 15.0 Å². The zero-order chi connectivity index (χ0) is 29.4. The lowest BCUT2D eigenvalue weighted by atomic mass is 10.1. The third kappa shape index (κ3) is 7.76. The molecule has 0 aliphatic carbocycles. The number of nitrogens with zero attached hydrogens (tertiary/aromatic N) is 2. The fourth-order valence-electron chi connectivity index (χ4n) is 3.95. The highest BCUT2D eigenvalue weighted by atomic mass is 35.5. The van der Waals surface area contributed by atoms with E-state index in [4.69, 9.17) is 16.3 Å². The third-order valence-corrected chi connectivity index (χ3v) is 8.72. The minimum atomic E-state index is -4.18. The standard InChI is InChI=1S/C30H36ClN3O5S/c1-6-22(3)32-30(36)23(4)33(19-24-9-7-21(2)8-10-24)29(35)20-34(26-13-11-25(31)12-14-26)40(37,38)28-17-15-27(39-5)16-18-28/h7-18,22-23H,6,19-20H2,1-5H3,(H,32,36). The van der Waals surface area contributed by atoms with Crippen LogP contribution >= 0.6 is 11.6 Å². The first-order chi connectivity index (χ1) is 19.0. The number of aryl methyl sites for hydroxylation is 1. The molecular formula is C30H36ClN3O5S. The van der Waals surface area contributed by atoms with E-state index < -0.39 is 28.5 Å². The van der Waals surface area contributed by atoms with Gasteiger partial charge in [-0.05, 0) is 81.3 Å². The number of nitrogens with one attached hydrogen (secondary N) is 1. The molecule has 214 valence electrons. The Labute approximate surface area is 241 Å². The molecule has 2 atom stereocenters. The van der Waals surface area contributed by atoms with Crippen LogP contribution in [0.25, 0.3) is 0 Å². The molecule has 0 aromatic heterocycles. The molecule has 3 rings (SSSR count). The fourth-order valence-corrected chi connectivity index (χ4v) is 5.49. The molecule has 0 saturated heterocycles. The molecule has 0 radical (unpaired) electrons. The highest BCUT2D eigenvalue weighted by Crippen LogP contribution is 2.27. The summed E-state index contributed by atoms with van der Waals surface area (Å²) in [4.78, 5) is 28.5. The van der Waals surface area contributed by atoms with Crippen LogP contribution in [-0.4, -0.2) is 50.9 Å². The summed E-state index contributed by atoms with van der Waals surface area (Å²) in [6.07, 6.45) is 0.731. The van der Waals surface area contributed by atoms with E-state index in [9.17, 15) is 18.0 Å². The summed E-state index contributed by atoms with van der Waals surface area (Å²) in [6.45, 7) is 7.06. The molecule has 0 heterocycles. The summed E-state index contributed by atoms with van der Waals surface area (Å²) in [5.41, 5.74) is 2.14. The number of ether oxygens (including phenoxy) is 1. The third-order valence-electron chi connectivity index (χ3n) is 6.68. The van der Waals surface area contributed by atoms with Gasteiger partial charge in [0.25, 0.3) is 10.0 Å². The quantitative estimate of drug-likeness (QED) is 0.316. The van der Waals surface area contributed by atoms with Crippen LogP contribution in [0.3, 0.4) is 0 Å². The van der Waals surface area contributed by atoms with Crippen molar-refractivity contribution in [2.45, 2.75) is 57.6 Å². The van der Waals surface area contributed by atoms with Crippen LogP contribution in [0.5, 0.6) is 5.75 Å². The summed E-state index contributed by atoms with van der Waals surface area (Å²) in [6, 6.07) is 18.8. The largest absolute Gasteiger partial charge is 0.497 e. The highest BCUT2D eigenvalue weighted by Gasteiger charge is 2.32. The van der Waals surface area contributed by atoms with E-state index in [1.54, 1.807) is 43.3 Å². The van der Waals surface area contributed by atoms with Crippen LogP contribution < -0.4 is 14.4 Å². The topological polar surface area (TPSA) is 96.0 Å². The Morgan fingerprint density at radius 2 is 1.55 bits per heavy atom. The maximum absolute atomic E-state index is 13.9. The Morgan fingerprint density at radius 3 is 2.10 bits per heavy atom. The van der Waals surface area contributed by atoms with Crippen LogP contribution in [0.1, 0.15) is 38.3 Å². The minimum Gasteiger partial charge on any atom is -0.497 e. The summed E-state index contributed by atoms with van der Waals surface area (Å²) in [5, 5.41) is 3.35. The van der Waals surface area contributed by atoms with Gasteiger partial charge in [-0.3, -0.25) is 13.9 Å². The van der Waals surface area contributed by atoms with E-state index in [2.05, 4.69) is 5.32 Å². The summed E-state index contributed by atoms with van der Waals surface area (Å²) in [5.74, 6) is -0.344. The molecule has 1 N–H and O–H groups in total. The monoisotopic (exact) mass is 585 g/mol. The number of amides is 2. The zero-order valence-corrected chi connectivity index (χ0v) is 25.0. The van der Waals surface area contributed by atoms with Gasteiger partial charge in [-0.1, -0.05) is 48.4 Å². The molecule has 0 aliphatic heterocycles. The number of halogens is 1. The number of sulfonamides is 1. The van der Waals surface area contributed by atoms with Gasteiger partial charge in [0.1, 0.15) is 18.3 Å². The molecule has 0 spiro atoms. The first-order valence-electron chi connectivity index (χ1n) is 13.0. The van der Waals surface area contributed by atoms with Crippen molar-refractivity contribution < 1.29 is 22.7 Å². The first kappa shape index (κ1) is 31.0. The number of hydrogen-bond acceptors (Lipinski definition) is 5. The van der Waals surface area contributed by atoms with Crippen molar-refractivity contribution in [2.24, 2.45) is 0 Å². The Bertz CT molecular complexity index is 1390. The van der Waals surface area contributed by atoms with Crippen LogP contribution in [0.2, 0.25) is 5.02 Å². The van der Waals surface area contributed by atoms with Crippen molar-refractivity contribution in [3.63, 3.8) is 0 Å². The Hall–Kier alpha value is -3.56. The molecule has 3 aromatic carbocycles. The van der Waals surface area contributed by atoms with Gasteiger partial charge in [0.15, 0.2) is 0 Å². The number of rotatable bonds is 12. The fraction of sp³-hybridized carbons (Fsp3) is 0.333. The highest BCUT2D eigenvalue weighted by molar-refractivity contribution is 7.92. The zero-order valence-electron chi connectivity index (χ0n) is 23.4. The molecule has 0 bridgehead atoms. The van der Waals surface area contributed by atoms with E-state index in [1.165, 1.54) is 24.1 Å². The predicted octanol–water partition coefficient (Wildman–Crippen LogP) is 5.18. The van der Waals surface area contributed by atoms with Gasteiger partial charge in [0.05, 0.1) is 17.7 Å². The van der Waals surface area contributed by atoms with Crippen molar-refractivity contribution in [3.8, 4) is 5.75 Å². The first-order valence-corrected chi connectivity index (χ1v) is 14.9. The van der Waals surface area contributed by atoms with Gasteiger partial charge >= 0.3 is 0 Å². The SMILES string of the molecule is CCC(C)NC(=O)C(C)N(Cc1ccc(C)cc1)C(=O)CN(c1ccc(Cl)cc1)S(=O)(=O)c1ccc(OC)cc1. The maximum Gasteiger partial charge on any atom is 0.264 e. The van der Waals surface area contributed by atoms with Crippen molar-refractivity contribution in [3.05, 3.63) is 88.9 Å². The van der Waals surface area contributed by atoms with E-state index in [0.29, 0.717) is 10.8 Å². The molecular weight excluding hydrogens is 550 g/mol. The summed E-state index contributed by atoms with van der Waals surface area (Å²) >= 11 is 6.07. The average molecular weight is 586 g/mol. The van der Waals surface area contributed by atoms with Crippen LogP contribution in [0, 0.1) is 6.92 Å². The number of methoxy groups -OCH3 is 1. The van der Waals surface area contributed by atoms with Gasteiger partial charge in [-0.15, -0.1) is 0 Å².